The van der Waals surface area contributed by atoms with Crippen LogP contribution in [0.2, 0.25) is 0 Å². The minimum absolute atomic E-state index is 0.294. The van der Waals surface area contributed by atoms with E-state index >= 15 is 0 Å². The van der Waals surface area contributed by atoms with Crippen LogP contribution in [0.15, 0.2) is 127 Å². The van der Waals surface area contributed by atoms with Crippen molar-refractivity contribution in [2.24, 2.45) is 0 Å². The molecule has 59 heavy (non-hydrogen) atoms. The first kappa shape index (κ1) is 37.5. The predicted octanol–water partition coefficient (Wildman–Crippen LogP) is 11.0. The number of benzene rings is 5. The molecule has 5 aliphatic heterocycles. The molecule has 300 valence electrons. The summed E-state index contributed by atoms with van der Waals surface area (Å²) in [4.78, 5) is 24.1. The number of carbonyl (C=O) groups excluding carboxylic acids is 1. The lowest BCUT2D eigenvalue weighted by atomic mass is 9.82. The van der Waals surface area contributed by atoms with E-state index in [1.165, 1.54) is 74.1 Å². The zero-order chi connectivity index (χ0) is 39.8. The van der Waals surface area contributed by atoms with Crippen LogP contribution in [0.3, 0.4) is 0 Å². The van der Waals surface area contributed by atoms with Crippen molar-refractivity contribution in [2.45, 2.75) is 63.9 Å². The Morgan fingerprint density at radius 1 is 0.458 bits per heavy atom. The second-order valence-electron chi connectivity index (χ2n) is 17.3. The fourth-order valence-corrected chi connectivity index (χ4v) is 10.1. The lowest BCUT2D eigenvalue weighted by Gasteiger charge is -2.27. The van der Waals surface area contributed by atoms with Gasteiger partial charge in [0.25, 0.3) is 0 Å². The molecular formula is C53H56N4O2. The van der Waals surface area contributed by atoms with Gasteiger partial charge in [0, 0.05) is 80.7 Å². The van der Waals surface area contributed by atoms with E-state index in [1.807, 2.05) is 13.0 Å². The van der Waals surface area contributed by atoms with Gasteiger partial charge in [-0.15, -0.1) is 0 Å². The fraction of sp³-hybridized carbons (Fsp3) is 0.340. The molecule has 0 amide bonds. The Morgan fingerprint density at radius 2 is 0.763 bits per heavy atom. The molecule has 0 radical (unpaired) electrons. The summed E-state index contributed by atoms with van der Waals surface area (Å²) >= 11 is 0. The van der Waals surface area contributed by atoms with Crippen molar-refractivity contribution in [3.63, 3.8) is 0 Å². The van der Waals surface area contributed by atoms with Gasteiger partial charge in [0.15, 0.2) is 5.60 Å². The summed E-state index contributed by atoms with van der Waals surface area (Å²) in [6.07, 6.45) is 14.4. The first-order valence-electron chi connectivity index (χ1n) is 22.2. The quantitative estimate of drug-likeness (QED) is 0.131. The van der Waals surface area contributed by atoms with Crippen molar-refractivity contribution in [1.29, 1.82) is 0 Å². The molecule has 0 saturated carbocycles. The third-order valence-corrected chi connectivity index (χ3v) is 13.4. The monoisotopic (exact) mass is 780 g/mol. The molecule has 5 heterocycles. The van der Waals surface area contributed by atoms with Gasteiger partial charge in [0.05, 0.1) is 5.56 Å². The normalized spacial score (nSPS) is 18.4. The van der Waals surface area contributed by atoms with E-state index in [4.69, 9.17) is 4.74 Å². The third kappa shape index (κ3) is 7.54. The van der Waals surface area contributed by atoms with E-state index in [0.717, 1.165) is 96.9 Å². The van der Waals surface area contributed by atoms with Crippen LogP contribution in [0.25, 0.3) is 11.1 Å². The van der Waals surface area contributed by atoms with E-state index in [2.05, 4.69) is 141 Å². The van der Waals surface area contributed by atoms with Crippen LogP contribution in [0.1, 0.15) is 95.1 Å². The molecule has 4 fully saturated rings. The number of hydrogen-bond acceptors (Lipinski definition) is 6. The number of nitrogens with zero attached hydrogens (tertiary/aromatic N) is 4. The van der Waals surface area contributed by atoms with Crippen molar-refractivity contribution in [3.05, 3.63) is 166 Å². The van der Waals surface area contributed by atoms with Crippen LogP contribution < -0.4 is 19.6 Å². The summed E-state index contributed by atoms with van der Waals surface area (Å²) in [7, 11) is 0. The number of anilines is 4. The standard InChI is InChI=1S/C53H56N4O2/c1-39-10-27-51-48(36-39)52(58)59-53(51,37-49(40-11-19-44(20-12-40)54-28-2-3-29-54)41-13-21-45(22-14-41)55-30-4-5-31-55)38-50(42-15-23-46(24-16-42)56-32-6-7-33-56)43-17-25-47(26-18-43)57-34-8-9-35-57/h10-27,36-38H,2-9,28-35H2,1H3. The van der Waals surface area contributed by atoms with Crippen LogP contribution in [-0.4, -0.2) is 58.3 Å². The Kier molecular flexibility index (Phi) is 10.3. The summed E-state index contributed by atoms with van der Waals surface area (Å²) in [5.74, 6) is -0.294. The molecule has 6 nitrogen and oxygen atoms in total. The molecular weight excluding hydrogens is 725 g/mol. The molecule has 0 atom stereocenters. The molecule has 0 N–H and O–H groups in total. The number of cyclic esters (lactones) is 1. The summed E-state index contributed by atoms with van der Waals surface area (Å²) in [5.41, 5.74) is 12.8. The molecule has 0 aliphatic carbocycles. The van der Waals surface area contributed by atoms with Crippen LogP contribution in [-0.2, 0) is 10.3 Å². The van der Waals surface area contributed by atoms with E-state index in [0.29, 0.717) is 5.56 Å². The zero-order valence-corrected chi connectivity index (χ0v) is 34.5. The molecule has 6 heteroatoms. The minimum Gasteiger partial charge on any atom is -0.442 e. The van der Waals surface area contributed by atoms with Crippen molar-refractivity contribution in [2.75, 3.05) is 72.0 Å². The number of ether oxygens (including phenoxy) is 1. The van der Waals surface area contributed by atoms with E-state index in [-0.39, 0.29) is 5.97 Å². The van der Waals surface area contributed by atoms with Gasteiger partial charge in [0.2, 0.25) is 0 Å². The number of esters is 1. The molecule has 5 aliphatic rings. The van der Waals surface area contributed by atoms with Crippen molar-refractivity contribution >= 4 is 39.9 Å². The Hall–Kier alpha value is -5.75. The lowest BCUT2D eigenvalue weighted by Crippen LogP contribution is -2.23. The van der Waals surface area contributed by atoms with Crippen LogP contribution in [0, 0.1) is 6.92 Å². The largest absolute Gasteiger partial charge is 0.442 e. The highest BCUT2D eigenvalue weighted by Gasteiger charge is 2.44. The second-order valence-corrected chi connectivity index (χ2v) is 17.3. The molecule has 0 aromatic heterocycles. The van der Waals surface area contributed by atoms with Gasteiger partial charge >= 0.3 is 5.97 Å². The molecule has 0 spiro atoms. The van der Waals surface area contributed by atoms with Gasteiger partial charge in [-0.25, -0.2) is 4.79 Å². The number of fused-ring (bicyclic) bond motifs is 1. The Balaban J connectivity index is 1.16. The van der Waals surface area contributed by atoms with Crippen LogP contribution >= 0.6 is 0 Å². The number of carbonyl (C=O) groups is 1. The summed E-state index contributed by atoms with van der Waals surface area (Å²) in [5, 5.41) is 0. The summed E-state index contributed by atoms with van der Waals surface area (Å²) in [6.45, 7) is 10.8. The maximum atomic E-state index is 14.2. The predicted molar refractivity (Wildman–Crippen MR) is 244 cm³/mol. The maximum Gasteiger partial charge on any atom is 0.340 e. The molecule has 0 bridgehead atoms. The minimum atomic E-state index is -1.19. The fourth-order valence-electron chi connectivity index (χ4n) is 10.1. The number of rotatable bonds is 10. The molecule has 10 rings (SSSR count). The van der Waals surface area contributed by atoms with Crippen molar-refractivity contribution in [3.8, 4) is 0 Å². The molecule has 0 unspecified atom stereocenters. The highest BCUT2D eigenvalue weighted by Crippen LogP contribution is 2.46. The van der Waals surface area contributed by atoms with Crippen LogP contribution in [0.4, 0.5) is 22.7 Å². The van der Waals surface area contributed by atoms with Gasteiger partial charge in [-0.05, 0) is 158 Å². The van der Waals surface area contributed by atoms with Gasteiger partial charge in [-0.1, -0.05) is 66.2 Å². The van der Waals surface area contributed by atoms with Crippen LogP contribution in [0.5, 0.6) is 0 Å². The first-order chi connectivity index (χ1) is 29.0. The van der Waals surface area contributed by atoms with Gasteiger partial charge in [0.1, 0.15) is 0 Å². The van der Waals surface area contributed by atoms with Crippen molar-refractivity contribution < 1.29 is 9.53 Å². The topological polar surface area (TPSA) is 39.3 Å². The summed E-state index contributed by atoms with van der Waals surface area (Å²) < 4.78 is 6.82. The maximum absolute atomic E-state index is 14.2. The highest BCUT2D eigenvalue weighted by molar-refractivity contribution is 5.98. The number of hydrogen-bond donors (Lipinski definition) is 0. The Labute approximate surface area is 350 Å². The summed E-state index contributed by atoms with van der Waals surface area (Å²) in [6, 6.07) is 42.4. The molecule has 5 aromatic carbocycles. The van der Waals surface area contributed by atoms with E-state index in [1.54, 1.807) is 0 Å². The Bertz CT molecular complexity index is 2080. The molecule has 5 aromatic rings. The van der Waals surface area contributed by atoms with Gasteiger partial charge in [-0.3, -0.25) is 0 Å². The second kappa shape index (κ2) is 16.1. The average Bonchev–Trinajstić information content (AvgIpc) is 4.14. The Morgan fingerprint density at radius 3 is 1.07 bits per heavy atom. The van der Waals surface area contributed by atoms with E-state index < -0.39 is 5.60 Å². The molecule has 4 saturated heterocycles. The third-order valence-electron chi connectivity index (χ3n) is 13.4. The van der Waals surface area contributed by atoms with E-state index in [9.17, 15) is 4.79 Å². The smallest absolute Gasteiger partial charge is 0.340 e. The number of aryl methyl sites for hydroxylation is 1. The van der Waals surface area contributed by atoms with Gasteiger partial charge in [-0.2, -0.15) is 0 Å². The van der Waals surface area contributed by atoms with Crippen molar-refractivity contribution in [1.82, 2.24) is 0 Å². The average molecular weight is 781 g/mol. The highest BCUT2D eigenvalue weighted by atomic mass is 16.6. The first-order valence-corrected chi connectivity index (χ1v) is 22.2. The SMILES string of the molecule is Cc1ccc2c(c1)C(=O)OC2(C=C(c1ccc(N2CCCC2)cc1)c1ccc(N2CCCC2)cc1)C=C(c1ccc(N2CCCC2)cc1)c1ccc(N2CCCC2)cc1. The van der Waals surface area contributed by atoms with Gasteiger partial charge < -0.3 is 24.3 Å². The zero-order valence-electron chi connectivity index (χ0n) is 34.5. The lowest BCUT2D eigenvalue weighted by molar-refractivity contribution is 0.0299.